The number of aromatic nitrogens is 4. The van der Waals surface area contributed by atoms with Gasteiger partial charge in [-0.15, -0.1) is 0 Å². The summed E-state index contributed by atoms with van der Waals surface area (Å²) in [4.78, 5) is 16.2. The predicted octanol–water partition coefficient (Wildman–Crippen LogP) is 3.16. The van der Waals surface area contributed by atoms with Gasteiger partial charge in [-0.1, -0.05) is 12.5 Å². The molecule has 5 heteroatoms. The molecule has 4 heterocycles. The highest BCUT2D eigenvalue weighted by atomic mass is 15.2. The Morgan fingerprint density at radius 2 is 2.09 bits per heavy atom. The molecule has 118 valence electrons. The van der Waals surface area contributed by atoms with Gasteiger partial charge in [0, 0.05) is 30.8 Å². The summed E-state index contributed by atoms with van der Waals surface area (Å²) in [7, 11) is 0. The molecule has 1 fully saturated rings. The van der Waals surface area contributed by atoms with Crippen LogP contribution < -0.4 is 0 Å². The maximum atomic E-state index is 4.76. The summed E-state index contributed by atoms with van der Waals surface area (Å²) in [6.07, 6.45) is 9.43. The molecule has 3 aromatic rings. The lowest BCUT2D eigenvalue weighted by molar-refractivity contribution is 0.135. The van der Waals surface area contributed by atoms with E-state index in [1.165, 1.54) is 12.8 Å². The van der Waals surface area contributed by atoms with E-state index in [9.17, 15) is 0 Å². The lowest BCUT2D eigenvalue weighted by Gasteiger charge is -2.35. The van der Waals surface area contributed by atoms with Crippen LogP contribution in [0.5, 0.6) is 0 Å². The predicted molar refractivity (Wildman–Crippen MR) is 89.0 cm³/mol. The van der Waals surface area contributed by atoms with E-state index >= 15 is 0 Å². The van der Waals surface area contributed by atoms with Crippen LogP contribution in [0.2, 0.25) is 0 Å². The summed E-state index contributed by atoms with van der Waals surface area (Å²) in [6.45, 7) is 4.03. The van der Waals surface area contributed by atoms with E-state index in [0.717, 1.165) is 42.4 Å². The third-order valence-electron chi connectivity index (χ3n) is 4.55. The molecular weight excluding hydrogens is 286 g/mol. The van der Waals surface area contributed by atoms with Crippen molar-refractivity contribution in [1.82, 2.24) is 24.3 Å². The van der Waals surface area contributed by atoms with Crippen LogP contribution in [0.25, 0.3) is 5.78 Å². The highest BCUT2D eigenvalue weighted by Crippen LogP contribution is 2.31. The Morgan fingerprint density at radius 3 is 3.00 bits per heavy atom. The number of nitrogens with zero attached hydrogens (tertiary/aromatic N) is 5. The molecule has 0 spiro atoms. The van der Waals surface area contributed by atoms with E-state index in [4.69, 9.17) is 4.98 Å². The van der Waals surface area contributed by atoms with E-state index in [2.05, 4.69) is 39.3 Å². The normalized spacial score (nSPS) is 19.3. The second-order valence-corrected chi connectivity index (χ2v) is 6.24. The van der Waals surface area contributed by atoms with E-state index in [1.54, 1.807) is 6.20 Å². The van der Waals surface area contributed by atoms with Gasteiger partial charge >= 0.3 is 0 Å². The number of rotatable bonds is 3. The number of imidazole rings is 1. The number of fused-ring (bicyclic) bond motifs is 1. The summed E-state index contributed by atoms with van der Waals surface area (Å²) in [5, 5.41) is 0. The summed E-state index contributed by atoms with van der Waals surface area (Å²) >= 11 is 0. The third kappa shape index (κ3) is 2.97. The van der Waals surface area contributed by atoms with Crippen molar-refractivity contribution in [2.75, 3.05) is 6.54 Å². The molecule has 0 radical (unpaired) electrons. The molecule has 1 saturated heterocycles. The zero-order valence-corrected chi connectivity index (χ0v) is 13.4. The van der Waals surface area contributed by atoms with Crippen molar-refractivity contribution in [3.8, 4) is 0 Å². The van der Waals surface area contributed by atoms with Crippen LogP contribution in [-0.2, 0) is 6.54 Å². The lowest BCUT2D eigenvalue weighted by Crippen LogP contribution is -2.33. The quantitative estimate of drug-likeness (QED) is 0.745. The van der Waals surface area contributed by atoms with E-state index in [-0.39, 0.29) is 0 Å². The Bertz CT molecular complexity index is 810. The van der Waals surface area contributed by atoms with Crippen LogP contribution in [0.1, 0.15) is 42.4 Å². The summed E-state index contributed by atoms with van der Waals surface area (Å²) in [5.74, 6) is 0.779. The van der Waals surface area contributed by atoms with Gasteiger partial charge in [-0.25, -0.2) is 9.97 Å². The van der Waals surface area contributed by atoms with Crippen molar-refractivity contribution in [2.45, 2.75) is 38.8 Å². The third-order valence-corrected chi connectivity index (χ3v) is 4.55. The molecule has 1 aliphatic heterocycles. The summed E-state index contributed by atoms with van der Waals surface area (Å²) < 4.78 is 1.96. The van der Waals surface area contributed by atoms with E-state index in [1.807, 2.05) is 23.6 Å². The van der Waals surface area contributed by atoms with Gasteiger partial charge in [0.15, 0.2) is 0 Å². The number of hydrogen-bond donors (Lipinski definition) is 0. The standard InChI is InChI=1S/C18H21N5/c1-14-5-4-6-15(20-14)13-23-10-3-2-7-17(23)16-8-11-22-12-9-19-18(22)21-16/h4-6,8-9,11-12,17H,2-3,7,10,13H2,1H3. The highest BCUT2D eigenvalue weighted by Gasteiger charge is 2.25. The minimum absolute atomic E-state index is 0.354. The average molecular weight is 307 g/mol. The van der Waals surface area contributed by atoms with Crippen LogP contribution in [0, 0.1) is 6.92 Å². The van der Waals surface area contributed by atoms with Gasteiger partial charge in [-0.2, -0.15) is 0 Å². The van der Waals surface area contributed by atoms with Crippen LogP contribution >= 0.6 is 0 Å². The molecule has 0 amide bonds. The Kier molecular flexibility index (Phi) is 3.79. The van der Waals surface area contributed by atoms with Gasteiger partial charge in [0.2, 0.25) is 5.78 Å². The second-order valence-electron chi connectivity index (χ2n) is 6.24. The van der Waals surface area contributed by atoms with Crippen molar-refractivity contribution in [3.63, 3.8) is 0 Å². The first kappa shape index (κ1) is 14.3. The number of pyridine rings is 1. The van der Waals surface area contributed by atoms with Gasteiger partial charge in [0.1, 0.15) is 0 Å². The molecule has 4 rings (SSSR count). The maximum absolute atomic E-state index is 4.76. The van der Waals surface area contributed by atoms with Crippen LogP contribution in [-0.4, -0.2) is 30.8 Å². The van der Waals surface area contributed by atoms with Gasteiger partial charge in [-0.3, -0.25) is 14.3 Å². The molecule has 23 heavy (non-hydrogen) atoms. The molecule has 5 nitrogen and oxygen atoms in total. The first-order chi connectivity index (χ1) is 11.3. The molecule has 1 atom stereocenters. The Hall–Kier alpha value is -2.27. The molecule has 0 saturated carbocycles. The number of likely N-dealkylation sites (tertiary alicyclic amines) is 1. The van der Waals surface area contributed by atoms with Crippen molar-refractivity contribution in [3.05, 3.63) is 59.9 Å². The fraction of sp³-hybridized carbons (Fsp3) is 0.389. The molecule has 1 unspecified atom stereocenters. The SMILES string of the molecule is Cc1cccc(CN2CCCCC2c2ccn3ccnc3n2)n1. The fourth-order valence-electron chi connectivity index (χ4n) is 3.41. The van der Waals surface area contributed by atoms with Gasteiger partial charge in [0.05, 0.1) is 17.4 Å². The molecular formula is C18H21N5. The monoisotopic (exact) mass is 307 g/mol. The average Bonchev–Trinajstić information content (AvgIpc) is 3.03. The van der Waals surface area contributed by atoms with Crippen LogP contribution in [0.15, 0.2) is 42.9 Å². The highest BCUT2D eigenvalue weighted by molar-refractivity contribution is 5.30. The Balaban J connectivity index is 1.61. The van der Waals surface area contributed by atoms with E-state index < -0.39 is 0 Å². The molecule has 0 N–H and O–H groups in total. The topological polar surface area (TPSA) is 46.3 Å². The largest absolute Gasteiger partial charge is 0.291 e. The van der Waals surface area contributed by atoms with Crippen molar-refractivity contribution in [1.29, 1.82) is 0 Å². The van der Waals surface area contributed by atoms with E-state index in [0.29, 0.717) is 6.04 Å². The smallest absolute Gasteiger partial charge is 0.233 e. The van der Waals surface area contributed by atoms with Crippen molar-refractivity contribution < 1.29 is 0 Å². The minimum Gasteiger partial charge on any atom is -0.291 e. The summed E-state index contributed by atoms with van der Waals surface area (Å²) in [5.41, 5.74) is 3.34. The Labute approximate surface area is 136 Å². The second kappa shape index (κ2) is 6.08. The Morgan fingerprint density at radius 1 is 1.13 bits per heavy atom. The van der Waals surface area contributed by atoms with Crippen molar-refractivity contribution >= 4 is 5.78 Å². The molecule has 0 aliphatic carbocycles. The molecule has 3 aromatic heterocycles. The summed E-state index contributed by atoms with van der Waals surface area (Å²) in [6, 6.07) is 8.73. The molecule has 0 aromatic carbocycles. The number of aryl methyl sites for hydroxylation is 1. The zero-order chi connectivity index (χ0) is 15.6. The first-order valence-corrected chi connectivity index (χ1v) is 8.26. The number of hydrogen-bond acceptors (Lipinski definition) is 4. The molecule has 1 aliphatic rings. The van der Waals surface area contributed by atoms with Gasteiger partial charge in [-0.05, 0) is 44.5 Å². The van der Waals surface area contributed by atoms with Gasteiger partial charge < -0.3 is 0 Å². The van der Waals surface area contributed by atoms with Gasteiger partial charge in [0.25, 0.3) is 0 Å². The first-order valence-electron chi connectivity index (χ1n) is 8.26. The number of piperidine rings is 1. The minimum atomic E-state index is 0.354. The maximum Gasteiger partial charge on any atom is 0.233 e. The fourth-order valence-corrected chi connectivity index (χ4v) is 3.41. The zero-order valence-electron chi connectivity index (χ0n) is 13.4. The lowest BCUT2D eigenvalue weighted by atomic mass is 9.99. The molecule has 0 bridgehead atoms. The van der Waals surface area contributed by atoms with Crippen LogP contribution in [0.3, 0.4) is 0 Å². The van der Waals surface area contributed by atoms with Crippen LogP contribution in [0.4, 0.5) is 0 Å². The van der Waals surface area contributed by atoms with Crippen molar-refractivity contribution in [2.24, 2.45) is 0 Å².